The molecule has 2 aromatic carbocycles. The van der Waals surface area contributed by atoms with Gasteiger partial charge in [-0.25, -0.2) is 0 Å². The van der Waals surface area contributed by atoms with Gasteiger partial charge in [0.05, 0.1) is 11.8 Å². The summed E-state index contributed by atoms with van der Waals surface area (Å²) >= 11 is 1.60. The maximum Gasteiger partial charge on any atom is 0.242 e. The van der Waals surface area contributed by atoms with Gasteiger partial charge < -0.3 is 4.90 Å². The van der Waals surface area contributed by atoms with Gasteiger partial charge in [0, 0.05) is 42.9 Å². The van der Waals surface area contributed by atoms with Crippen LogP contribution in [0.4, 0.5) is 5.69 Å². The fourth-order valence-electron chi connectivity index (χ4n) is 5.56. The lowest BCUT2D eigenvalue weighted by atomic mass is 9.87. The van der Waals surface area contributed by atoms with Crippen LogP contribution in [0.5, 0.6) is 0 Å². The molecule has 5 unspecified atom stereocenters. The Bertz CT molecular complexity index is 1250. The summed E-state index contributed by atoms with van der Waals surface area (Å²) in [5.74, 6) is -0.186. The van der Waals surface area contributed by atoms with E-state index >= 15 is 0 Å². The molecule has 194 valence electrons. The number of amides is 3. The van der Waals surface area contributed by atoms with Gasteiger partial charge in [-0.2, -0.15) is 5.11 Å². The summed E-state index contributed by atoms with van der Waals surface area (Å²) in [5, 5.41) is 11.5. The predicted molar refractivity (Wildman–Crippen MR) is 144 cm³/mol. The van der Waals surface area contributed by atoms with Crippen molar-refractivity contribution in [1.29, 1.82) is 0 Å². The van der Waals surface area contributed by atoms with Gasteiger partial charge in [-0.3, -0.25) is 24.3 Å². The lowest BCUT2D eigenvalue weighted by Gasteiger charge is -2.36. The van der Waals surface area contributed by atoms with Crippen LogP contribution in [0.3, 0.4) is 0 Å². The first-order valence-corrected chi connectivity index (χ1v) is 13.8. The summed E-state index contributed by atoms with van der Waals surface area (Å²) in [4.78, 5) is 39.9. The maximum atomic E-state index is 12.6. The smallest absolute Gasteiger partial charge is 0.242 e. The zero-order valence-corrected chi connectivity index (χ0v) is 22.5. The summed E-state index contributed by atoms with van der Waals surface area (Å²) in [6.07, 6.45) is 2.06. The average molecular weight is 520 g/mol. The van der Waals surface area contributed by atoms with Crippen LogP contribution < -0.4 is 4.90 Å². The van der Waals surface area contributed by atoms with Gasteiger partial charge in [0.2, 0.25) is 17.7 Å². The van der Waals surface area contributed by atoms with Crippen molar-refractivity contribution < 1.29 is 14.4 Å². The third-order valence-corrected chi connectivity index (χ3v) is 9.07. The molecule has 8 nitrogen and oxygen atoms in total. The monoisotopic (exact) mass is 519 g/mol. The van der Waals surface area contributed by atoms with Crippen LogP contribution in [0.1, 0.15) is 68.8 Å². The minimum Gasteiger partial charge on any atom is -0.308 e. The Labute approximate surface area is 222 Å². The van der Waals surface area contributed by atoms with Crippen LogP contribution in [0, 0.1) is 0 Å². The van der Waals surface area contributed by atoms with E-state index in [9.17, 15) is 14.4 Å². The van der Waals surface area contributed by atoms with Crippen molar-refractivity contribution >= 4 is 35.2 Å². The molecule has 9 heteroatoms. The van der Waals surface area contributed by atoms with Crippen LogP contribution in [0.15, 0.2) is 58.9 Å². The Morgan fingerprint density at radius 3 is 2.46 bits per heavy atom. The molecule has 3 aliphatic heterocycles. The number of fused-ring (bicyclic) bond motifs is 5. The Hall–Kier alpha value is -3.20. The van der Waals surface area contributed by atoms with Crippen LogP contribution in [-0.4, -0.2) is 51.2 Å². The fourth-order valence-corrected chi connectivity index (χ4v) is 6.90. The molecule has 0 spiro atoms. The third-order valence-electron chi connectivity index (χ3n) is 7.67. The average Bonchev–Trinajstić information content (AvgIpc) is 3.41. The minimum absolute atomic E-state index is 0.000915. The largest absolute Gasteiger partial charge is 0.308 e. The van der Waals surface area contributed by atoms with Crippen LogP contribution in [0.2, 0.25) is 0 Å². The molecule has 3 aliphatic rings. The summed E-state index contributed by atoms with van der Waals surface area (Å²) < 4.78 is 0. The second-order valence-electron chi connectivity index (χ2n) is 10.2. The summed E-state index contributed by atoms with van der Waals surface area (Å²) in [6, 6.07) is 16.1. The van der Waals surface area contributed by atoms with Crippen molar-refractivity contribution in [2.75, 3.05) is 11.9 Å². The highest BCUT2D eigenvalue weighted by molar-refractivity contribution is 8.01. The number of rotatable bonds is 6. The Kier molecular flexibility index (Phi) is 7.07. The molecular formula is C28H33N5O3S. The van der Waals surface area contributed by atoms with Gasteiger partial charge in [0.25, 0.3) is 0 Å². The zero-order chi connectivity index (χ0) is 26.3. The molecule has 1 saturated heterocycles. The molecule has 5 atom stereocenters. The predicted octanol–water partition coefficient (Wildman–Crippen LogP) is 5.07. The Morgan fingerprint density at radius 1 is 1.05 bits per heavy atom. The number of para-hydroxylation sites is 1. The first kappa shape index (κ1) is 25.4. The van der Waals surface area contributed by atoms with Crippen molar-refractivity contribution in [3.63, 3.8) is 0 Å². The van der Waals surface area contributed by atoms with Gasteiger partial charge in [-0.1, -0.05) is 54.6 Å². The molecule has 37 heavy (non-hydrogen) atoms. The first-order chi connectivity index (χ1) is 17.8. The van der Waals surface area contributed by atoms with E-state index < -0.39 is 0 Å². The van der Waals surface area contributed by atoms with Crippen molar-refractivity contribution in [2.24, 2.45) is 10.3 Å². The van der Waals surface area contributed by atoms with Gasteiger partial charge in [0.1, 0.15) is 12.1 Å². The van der Waals surface area contributed by atoms with Crippen molar-refractivity contribution in [2.45, 2.75) is 75.2 Å². The van der Waals surface area contributed by atoms with E-state index in [0.29, 0.717) is 6.54 Å². The molecule has 1 fully saturated rings. The second-order valence-corrected chi connectivity index (χ2v) is 11.8. The topological polar surface area (TPSA) is 85.7 Å². The second kappa shape index (κ2) is 10.3. The lowest BCUT2D eigenvalue weighted by molar-refractivity contribution is -0.136. The maximum absolute atomic E-state index is 12.6. The molecule has 3 amide bonds. The van der Waals surface area contributed by atoms with Gasteiger partial charge in [0.15, 0.2) is 0 Å². The van der Waals surface area contributed by atoms with E-state index in [0.717, 1.165) is 35.2 Å². The minimum atomic E-state index is -0.281. The summed E-state index contributed by atoms with van der Waals surface area (Å²) in [7, 11) is 1.56. The molecule has 3 heterocycles. The number of hydrogen-bond donors (Lipinski definition) is 0. The van der Waals surface area contributed by atoms with Gasteiger partial charge >= 0.3 is 0 Å². The number of imide groups is 1. The zero-order valence-electron chi connectivity index (χ0n) is 21.7. The number of likely N-dealkylation sites (tertiary alicyclic amines) is 1. The SMILES string of the molecule is CC(=O)N1Cc2ccccc2C2C(N=NN2C(C)CCC(C)SC2CC(=O)N(C)C2=O)c2ccccc21. The first-order valence-electron chi connectivity index (χ1n) is 12.9. The highest BCUT2D eigenvalue weighted by atomic mass is 32.2. The molecule has 0 aliphatic carbocycles. The molecule has 0 bridgehead atoms. The number of carbonyl (C=O) groups excluding carboxylic acids is 3. The highest BCUT2D eigenvalue weighted by Gasteiger charge is 2.42. The normalized spacial score (nSPS) is 24.3. The Balaban J connectivity index is 1.36. The fraction of sp³-hybridized carbons (Fsp3) is 0.464. The molecule has 0 radical (unpaired) electrons. The van der Waals surface area contributed by atoms with Gasteiger partial charge in [-0.15, -0.1) is 11.8 Å². The number of hydrogen-bond acceptors (Lipinski definition) is 7. The number of benzene rings is 2. The molecule has 2 aromatic rings. The van der Waals surface area contributed by atoms with E-state index in [2.05, 4.69) is 42.3 Å². The van der Waals surface area contributed by atoms with E-state index in [1.54, 1.807) is 25.7 Å². The van der Waals surface area contributed by atoms with Crippen molar-refractivity contribution in [3.8, 4) is 0 Å². The Morgan fingerprint density at radius 2 is 1.76 bits per heavy atom. The summed E-state index contributed by atoms with van der Waals surface area (Å²) in [5.41, 5.74) is 4.14. The highest BCUT2D eigenvalue weighted by Crippen LogP contribution is 2.49. The number of anilines is 1. The molecule has 0 N–H and O–H groups in total. The van der Waals surface area contributed by atoms with E-state index in [1.807, 2.05) is 35.2 Å². The van der Waals surface area contributed by atoms with Gasteiger partial charge in [-0.05, 0) is 37.0 Å². The van der Waals surface area contributed by atoms with E-state index in [-0.39, 0.29) is 52.8 Å². The van der Waals surface area contributed by atoms with Crippen LogP contribution in [0.25, 0.3) is 0 Å². The van der Waals surface area contributed by atoms with E-state index in [4.69, 9.17) is 5.11 Å². The number of thioether (sulfide) groups is 1. The standard InChI is InChI=1S/C28H33N5O3S/c1-17(13-14-18(2)37-24-15-25(35)31(4)28(24)36)33-27-21-10-6-5-9-20(21)16-32(19(3)34)23-12-8-7-11-22(23)26(27)29-30-33/h5-12,17-18,24,26-27H,13-16H2,1-4H3. The molecule has 0 saturated carbocycles. The molecule has 5 rings (SSSR count). The van der Waals surface area contributed by atoms with Crippen molar-refractivity contribution in [3.05, 3.63) is 65.2 Å². The summed E-state index contributed by atoms with van der Waals surface area (Å²) in [6.45, 7) is 6.41. The van der Waals surface area contributed by atoms with Crippen molar-refractivity contribution in [1.82, 2.24) is 9.91 Å². The van der Waals surface area contributed by atoms with E-state index in [1.165, 1.54) is 4.90 Å². The van der Waals surface area contributed by atoms with Crippen LogP contribution in [-0.2, 0) is 20.9 Å². The lowest BCUT2D eigenvalue weighted by Crippen LogP contribution is -2.36. The third kappa shape index (κ3) is 4.77. The quantitative estimate of drug-likeness (QED) is 0.498. The number of nitrogens with zero attached hydrogens (tertiary/aromatic N) is 5. The van der Waals surface area contributed by atoms with Crippen LogP contribution >= 0.6 is 11.8 Å². The number of carbonyl (C=O) groups is 3. The molecule has 0 aromatic heterocycles. The molecular weight excluding hydrogens is 486 g/mol.